The third kappa shape index (κ3) is 4.01. The molecule has 0 saturated carbocycles. The van der Waals surface area contributed by atoms with Crippen LogP contribution in [0.3, 0.4) is 0 Å². The van der Waals surface area contributed by atoms with Crippen molar-refractivity contribution in [1.82, 2.24) is 14.7 Å². The van der Waals surface area contributed by atoms with Crippen LogP contribution in [0.2, 0.25) is 0 Å². The van der Waals surface area contributed by atoms with E-state index in [9.17, 15) is 0 Å². The number of nitrogens with zero attached hydrogens (tertiary/aromatic N) is 3. The maximum absolute atomic E-state index is 5.78. The quantitative estimate of drug-likeness (QED) is 0.417. The van der Waals surface area contributed by atoms with Gasteiger partial charge >= 0.3 is 0 Å². The molecular formula is C14H35N3OSi. The smallest absolute Gasteiger partial charge is 0.154 e. The van der Waals surface area contributed by atoms with E-state index in [0.29, 0.717) is 0 Å². The summed E-state index contributed by atoms with van der Waals surface area (Å²) in [6.45, 7) is 20.6. The van der Waals surface area contributed by atoms with Gasteiger partial charge in [0.2, 0.25) is 0 Å². The maximum atomic E-state index is 5.78. The van der Waals surface area contributed by atoms with Crippen molar-refractivity contribution in [1.29, 1.82) is 0 Å². The molecule has 0 aliphatic carbocycles. The molecule has 5 heteroatoms. The Hall–Kier alpha value is 0.0569. The molecule has 0 N–H and O–H groups in total. The molecule has 0 aromatic heterocycles. The zero-order valence-corrected chi connectivity index (χ0v) is 16.2. The first-order chi connectivity index (χ1) is 9.12. The molecule has 19 heavy (non-hydrogen) atoms. The minimum atomic E-state index is -0.0851. The highest BCUT2D eigenvalue weighted by atomic mass is 28.2. The molecule has 0 aliphatic rings. The summed E-state index contributed by atoms with van der Waals surface area (Å²) in [4.78, 5) is 7.64. The zero-order chi connectivity index (χ0) is 14.9. The van der Waals surface area contributed by atoms with E-state index < -0.39 is 0 Å². The Morgan fingerprint density at radius 2 is 0.947 bits per heavy atom. The minimum absolute atomic E-state index is 0.0851. The van der Waals surface area contributed by atoms with Crippen molar-refractivity contribution in [3.05, 3.63) is 0 Å². The minimum Gasteiger partial charge on any atom is -0.423 e. The molecule has 0 bridgehead atoms. The van der Waals surface area contributed by atoms with Crippen LogP contribution in [-0.2, 0) is 4.43 Å². The van der Waals surface area contributed by atoms with Gasteiger partial charge in [-0.2, -0.15) is 0 Å². The Morgan fingerprint density at radius 3 is 1.11 bits per heavy atom. The summed E-state index contributed by atoms with van der Waals surface area (Å²) in [6.07, 6.45) is 0. The van der Waals surface area contributed by atoms with Crippen molar-refractivity contribution in [2.45, 2.75) is 47.3 Å². The van der Waals surface area contributed by atoms with Crippen LogP contribution >= 0.6 is 0 Å². The van der Waals surface area contributed by atoms with Gasteiger partial charge in [0.1, 0.15) is 10.5 Å². The third-order valence-electron chi connectivity index (χ3n) is 4.15. The van der Waals surface area contributed by atoms with Crippen LogP contribution < -0.4 is 0 Å². The summed E-state index contributed by atoms with van der Waals surface area (Å²) in [6, 6.07) is 0. The van der Waals surface area contributed by atoms with E-state index in [0.717, 1.165) is 56.4 Å². The summed E-state index contributed by atoms with van der Waals surface area (Å²) < 4.78 is 5.78. The lowest BCUT2D eigenvalue weighted by atomic mass is 10.1. The molecular weight excluding hydrogens is 254 g/mol. The van der Waals surface area contributed by atoms with Gasteiger partial charge in [-0.3, -0.25) is 14.7 Å². The first-order valence-electron chi connectivity index (χ1n) is 7.86. The normalized spacial score (nSPS) is 13.1. The van der Waals surface area contributed by atoms with Gasteiger partial charge in [0.25, 0.3) is 0 Å². The molecule has 0 unspecified atom stereocenters. The van der Waals surface area contributed by atoms with Crippen molar-refractivity contribution in [3.8, 4) is 0 Å². The number of likely N-dealkylation sites (N-methyl/N-ethyl adjacent to an activating group) is 3. The molecule has 0 radical (unpaired) electrons. The van der Waals surface area contributed by atoms with Gasteiger partial charge in [-0.1, -0.05) is 41.5 Å². The predicted molar refractivity (Wildman–Crippen MR) is 87.4 cm³/mol. The van der Waals surface area contributed by atoms with Crippen LogP contribution in [0.4, 0.5) is 0 Å². The van der Waals surface area contributed by atoms with E-state index in [4.69, 9.17) is 4.43 Å². The third-order valence-corrected chi connectivity index (χ3v) is 4.44. The Kier molecular flexibility index (Phi) is 9.91. The van der Waals surface area contributed by atoms with Crippen LogP contribution in [0.5, 0.6) is 0 Å². The molecule has 0 spiro atoms. The number of hydrogen-bond acceptors (Lipinski definition) is 4. The Bertz CT molecular complexity index is 185. The van der Waals surface area contributed by atoms with Crippen molar-refractivity contribution in [3.63, 3.8) is 0 Å². The first-order valence-corrected chi connectivity index (χ1v) is 8.68. The monoisotopic (exact) mass is 289 g/mol. The fourth-order valence-electron chi connectivity index (χ4n) is 3.26. The van der Waals surface area contributed by atoms with Crippen molar-refractivity contribution >= 4 is 10.5 Å². The van der Waals surface area contributed by atoms with Crippen LogP contribution in [0.1, 0.15) is 41.5 Å². The lowest BCUT2D eigenvalue weighted by molar-refractivity contribution is -0.180. The van der Waals surface area contributed by atoms with Gasteiger partial charge in [0.05, 0.1) is 6.61 Å². The van der Waals surface area contributed by atoms with Crippen molar-refractivity contribution in [2.75, 3.05) is 45.9 Å². The molecule has 0 aromatic carbocycles. The highest BCUT2D eigenvalue weighted by molar-refractivity contribution is 5.98. The molecule has 0 rings (SSSR count). The Morgan fingerprint density at radius 1 is 0.684 bits per heavy atom. The maximum Gasteiger partial charge on any atom is 0.154 e. The molecule has 0 heterocycles. The van der Waals surface area contributed by atoms with Crippen LogP contribution in [0.25, 0.3) is 0 Å². The zero-order valence-electron chi connectivity index (χ0n) is 14.2. The molecule has 4 nitrogen and oxygen atoms in total. The summed E-state index contributed by atoms with van der Waals surface area (Å²) in [7, 11) is 0.793. The van der Waals surface area contributed by atoms with Crippen LogP contribution in [0.15, 0.2) is 0 Å². The molecule has 0 aromatic rings. The lowest BCUT2D eigenvalue weighted by Gasteiger charge is -2.55. The Balaban J connectivity index is 5.68. The van der Waals surface area contributed by atoms with Gasteiger partial charge in [0, 0.05) is 0 Å². The SMILES string of the molecule is CCN(CC)C(CO[SiH3])(N(CC)CC)N(CC)CC. The largest absolute Gasteiger partial charge is 0.423 e. The summed E-state index contributed by atoms with van der Waals surface area (Å²) in [5.41, 5.74) is 0. The predicted octanol–water partition coefficient (Wildman–Crippen LogP) is 0.963. The van der Waals surface area contributed by atoms with Crippen molar-refractivity contribution in [2.24, 2.45) is 0 Å². The molecule has 0 aliphatic heterocycles. The second-order valence-corrected chi connectivity index (χ2v) is 5.30. The first kappa shape index (κ1) is 19.1. The van der Waals surface area contributed by atoms with Gasteiger partial charge in [0.15, 0.2) is 5.79 Å². The fourth-order valence-corrected chi connectivity index (χ4v) is 3.64. The molecule has 116 valence electrons. The molecule has 0 fully saturated rings. The van der Waals surface area contributed by atoms with E-state index in [1.54, 1.807) is 0 Å². The summed E-state index contributed by atoms with van der Waals surface area (Å²) >= 11 is 0. The van der Waals surface area contributed by atoms with Gasteiger partial charge in [-0.05, 0) is 39.3 Å². The number of hydrogen-bond donors (Lipinski definition) is 0. The highest BCUT2D eigenvalue weighted by Crippen LogP contribution is 2.26. The van der Waals surface area contributed by atoms with Crippen LogP contribution in [-0.4, -0.2) is 76.8 Å². The summed E-state index contributed by atoms with van der Waals surface area (Å²) in [5, 5.41) is 0. The number of rotatable bonds is 11. The van der Waals surface area contributed by atoms with Gasteiger partial charge in [-0.25, -0.2) is 0 Å². The molecule has 0 atom stereocenters. The fraction of sp³-hybridized carbons (Fsp3) is 1.00. The van der Waals surface area contributed by atoms with Gasteiger partial charge in [-0.15, -0.1) is 0 Å². The molecule has 0 amide bonds. The second-order valence-electron chi connectivity index (χ2n) is 4.72. The molecule has 0 saturated heterocycles. The van der Waals surface area contributed by atoms with E-state index in [2.05, 4.69) is 56.2 Å². The average molecular weight is 290 g/mol. The van der Waals surface area contributed by atoms with Crippen LogP contribution in [0, 0.1) is 0 Å². The average Bonchev–Trinajstić information content (AvgIpc) is 2.42. The second kappa shape index (κ2) is 9.88. The van der Waals surface area contributed by atoms with E-state index in [1.807, 2.05) is 0 Å². The summed E-state index contributed by atoms with van der Waals surface area (Å²) in [5.74, 6) is -0.0851. The van der Waals surface area contributed by atoms with Crippen molar-refractivity contribution < 1.29 is 4.43 Å². The van der Waals surface area contributed by atoms with E-state index in [1.165, 1.54) is 0 Å². The highest BCUT2D eigenvalue weighted by Gasteiger charge is 2.43. The van der Waals surface area contributed by atoms with E-state index in [-0.39, 0.29) is 5.79 Å². The standard InChI is InChI=1S/C14H35N3OSi/c1-7-15(8-2)14(13-18-19,16(9-3)10-4)17(11-5)12-6/h7-13H2,1-6,19H3. The lowest BCUT2D eigenvalue weighted by Crippen LogP contribution is -2.72. The van der Waals surface area contributed by atoms with Gasteiger partial charge < -0.3 is 4.43 Å². The van der Waals surface area contributed by atoms with E-state index >= 15 is 0 Å². The Labute approximate surface area is 123 Å². The topological polar surface area (TPSA) is 19.0 Å².